The van der Waals surface area contributed by atoms with Crippen molar-refractivity contribution in [3.05, 3.63) is 47.5 Å². The zero-order valence-corrected chi connectivity index (χ0v) is 13.7. The van der Waals surface area contributed by atoms with E-state index in [1.54, 1.807) is 0 Å². The Labute approximate surface area is 141 Å². The number of hydrogen-bond acceptors (Lipinski definition) is 4. The van der Waals surface area contributed by atoms with Crippen LogP contribution in [0.5, 0.6) is 0 Å². The number of fused-ring (bicyclic) bond motifs is 1. The van der Waals surface area contributed by atoms with Gasteiger partial charge >= 0.3 is 0 Å². The second-order valence-electron chi connectivity index (χ2n) is 6.49. The molecule has 1 aromatic heterocycles. The van der Waals surface area contributed by atoms with Crippen molar-refractivity contribution in [3.8, 4) is 0 Å². The number of hydrogen-bond donors (Lipinski definition) is 0. The van der Waals surface area contributed by atoms with Crippen molar-refractivity contribution >= 4 is 5.91 Å². The van der Waals surface area contributed by atoms with Crippen LogP contribution >= 0.6 is 0 Å². The maximum absolute atomic E-state index is 12.4. The van der Waals surface area contributed by atoms with Crippen LogP contribution in [0.3, 0.4) is 0 Å². The molecule has 1 amide bonds. The highest BCUT2D eigenvalue weighted by atomic mass is 16.5. The molecule has 2 heterocycles. The van der Waals surface area contributed by atoms with Crippen LogP contribution < -0.4 is 0 Å². The van der Waals surface area contributed by atoms with Gasteiger partial charge in [-0.25, -0.2) is 9.67 Å². The fourth-order valence-corrected chi connectivity index (χ4v) is 3.01. The molecule has 0 saturated heterocycles. The molecule has 0 N–H and O–H groups in total. The van der Waals surface area contributed by atoms with E-state index in [1.165, 1.54) is 12.8 Å². The second kappa shape index (κ2) is 6.73. The minimum atomic E-state index is 0.0408. The summed E-state index contributed by atoms with van der Waals surface area (Å²) in [6.07, 6.45) is 3.20. The summed E-state index contributed by atoms with van der Waals surface area (Å²) in [6, 6.07) is 9.91. The van der Waals surface area contributed by atoms with E-state index in [0.717, 1.165) is 30.2 Å². The molecule has 2 aromatic rings. The predicted octanol–water partition coefficient (Wildman–Crippen LogP) is 1.76. The first-order valence-corrected chi connectivity index (χ1v) is 8.62. The van der Waals surface area contributed by atoms with Gasteiger partial charge in [-0.2, -0.15) is 5.10 Å². The number of aromatic nitrogens is 3. The van der Waals surface area contributed by atoms with Crippen molar-refractivity contribution in [1.29, 1.82) is 0 Å². The van der Waals surface area contributed by atoms with E-state index in [4.69, 9.17) is 4.74 Å². The zero-order chi connectivity index (χ0) is 16.4. The number of benzene rings is 1. The summed E-state index contributed by atoms with van der Waals surface area (Å²) in [7, 11) is 0. The topological polar surface area (TPSA) is 60.2 Å². The normalized spacial score (nSPS) is 17.4. The van der Waals surface area contributed by atoms with Gasteiger partial charge in [0.15, 0.2) is 5.82 Å². The molecule has 1 aliphatic heterocycles. The Kier molecular flexibility index (Phi) is 4.30. The quantitative estimate of drug-likeness (QED) is 0.840. The van der Waals surface area contributed by atoms with Crippen LogP contribution in [0.1, 0.15) is 36.0 Å². The van der Waals surface area contributed by atoms with Gasteiger partial charge in [0.05, 0.1) is 13.2 Å². The van der Waals surface area contributed by atoms with Gasteiger partial charge in [0.25, 0.3) is 0 Å². The van der Waals surface area contributed by atoms with Crippen LogP contribution in [-0.2, 0) is 29.1 Å². The summed E-state index contributed by atoms with van der Waals surface area (Å²) in [5.74, 6) is 2.63. The van der Waals surface area contributed by atoms with E-state index in [9.17, 15) is 4.79 Å². The van der Waals surface area contributed by atoms with Crippen LogP contribution in [0.25, 0.3) is 0 Å². The maximum Gasteiger partial charge on any atom is 0.248 e. The Hall–Kier alpha value is -2.21. The van der Waals surface area contributed by atoms with Crippen molar-refractivity contribution in [3.63, 3.8) is 0 Å². The average Bonchev–Trinajstić information content (AvgIpc) is 3.40. The standard InChI is InChI=1S/C18H22N4O2/c23-17(13-24-12-14-4-2-1-3-5-14)21-9-8-16-19-18(15-6-7-15)20-22(16)11-10-21/h1-5,15H,6-13H2. The smallest absolute Gasteiger partial charge is 0.248 e. The lowest BCUT2D eigenvalue weighted by molar-refractivity contribution is -0.136. The molecule has 0 radical (unpaired) electrons. The highest BCUT2D eigenvalue weighted by Gasteiger charge is 2.30. The fraction of sp³-hybridized carbons (Fsp3) is 0.500. The SMILES string of the molecule is O=C(COCc1ccccc1)N1CCc2nc(C3CC3)nn2CC1. The molecule has 24 heavy (non-hydrogen) atoms. The maximum atomic E-state index is 12.4. The Balaban J connectivity index is 1.27. The zero-order valence-electron chi connectivity index (χ0n) is 13.7. The fourth-order valence-electron chi connectivity index (χ4n) is 3.01. The highest BCUT2D eigenvalue weighted by Crippen LogP contribution is 2.38. The van der Waals surface area contributed by atoms with Crippen LogP contribution in [0.15, 0.2) is 30.3 Å². The van der Waals surface area contributed by atoms with Gasteiger partial charge in [0.1, 0.15) is 12.4 Å². The van der Waals surface area contributed by atoms with Gasteiger partial charge in [0.2, 0.25) is 5.91 Å². The average molecular weight is 326 g/mol. The third kappa shape index (κ3) is 3.48. The Morgan fingerprint density at radius 3 is 2.79 bits per heavy atom. The molecule has 1 fully saturated rings. The molecule has 0 unspecified atom stereocenters. The van der Waals surface area contributed by atoms with Gasteiger partial charge in [0, 0.05) is 25.4 Å². The van der Waals surface area contributed by atoms with Gasteiger partial charge in [-0.15, -0.1) is 0 Å². The molecule has 0 bridgehead atoms. The molecular weight excluding hydrogens is 304 g/mol. The van der Waals surface area contributed by atoms with E-state index in [0.29, 0.717) is 25.6 Å². The first kappa shape index (κ1) is 15.3. The molecule has 2 aliphatic rings. The monoisotopic (exact) mass is 326 g/mol. The summed E-state index contributed by atoms with van der Waals surface area (Å²) in [6.45, 7) is 2.68. The van der Waals surface area contributed by atoms with Crippen molar-refractivity contribution in [2.75, 3.05) is 19.7 Å². The van der Waals surface area contributed by atoms with Crippen LogP contribution in [-0.4, -0.2) is 45.3 Å². The van der Waals surface area contributed by atoms with E-state index in [2.05, 4.69) is 10.1 Å². The van der Waals surface area contributed by atoms with Gasteiger partial charge in [-0.1, -0.05) is 30.3 Å². The lowest BCUT2D eigenvalue weighted by atomic mass is 10.2. The molecule has 126 valence electrons. The van der Waals surface area contributed by atoms with Crippen LogP contribution in [0.2, 0.25) is 0 Å². The van der Waals surface area contributed by atoms with Gasteiger partial charge in [-0.05, 0) is 18.4 Å². The Bertz CT molecular complexity index is 684. The van der Waals surface area contributed by atoms with E-state index < -0.39 is 0 Å². The number of carbonyl (C=O) groups excluding carboxylic acids is 1. The third-order valence-corrected chi connectivity index (χ3v) is 4.58. The first-order chi connectivity index (χ1) is 11.8. The molecule has 1 aromatic carbocycles. The van der Waals surface area contributed by atoms with Gasteiger partial charge < -0.3 is 9.64 Å². The number of carbonyl (C=O) groups is 1. The number of ether oxygens (including phenoxy) is 1. The summed E-state index contributed by atoms with van der Waals surface area (Å²) >= 11 is 0. The molecule has 6 nitrogen and oxygen atoms in total. The number of rotatable bonds is 5. The summed E-state index contributed by atoms with van der Waals surface area (Å²) in [5.41, 5.74) is 1.08. The second-order valence-corrected chi connectivity index (χ2v) is 6.49. The largest absolute Gasteiger partial charge is 0.367 e. The minimum Gasteiger partial charge on any atom is -0.367 e. The van der Waals surface area contributed by atoms with Crippen molar-refractivity contribution in [2.45, 2.75) is 38.3 Å². The Morgan fingerprint density at radius 2 is 2.00 bits per heavy atom. The van der Waals surface area contributed by atoms with Crippen molar-refractivity contribution in [1.82, 2.24) is 19.7 Å². The summed E-state index contributed by atoms with van der Waals surface area (Å²) < 4.78 is 7.54. The van der Waals surface area contributed by atoms with Gasteiger partial charge in [-0.3, -0.25) is 4.79 Å². The summed E-state index contributed by atoms with van der Waals surface area (Å²) in [5, 5.41) is 4.60. The molecule has 0 spiro atoms. The summed E-state index contributed by atoms with van der Waals surface area (Å²) in [4.78, 5) is 18.9. The van der Waals surface area contributed by atoms with E-state index in [-0.39, 0.29) is 12.5 Å². The minimum absolute atomic E-state index is 0.0408. The van der Waals surface area contributed by atoms with E-state index >= 15 is 0 Å². The highest BCUT2D eigenvalue weighted by molar-refractivity contribution is 5.77. The first-order valence-electron chi connectivity index (χ1n) is 8.62. The number of amides is 1. The van der Waals surface area contributed by atoms with Crippen LogP contribution in [0, 0.1) is 0 Å². The van der Waals surface area contributed by atoms with E-state index in [1.807, 2.05) is 39.9 Å². The molecule has 1 saturated carbocycles. The third-order valence-electron chi connectivity index (χ3n) is 4.58. The molecular formula is C18H22N4O2. The van der Waals surface area contributed by atoms with Crippen LogP contribution in [0.4, 0.5) is 0 Å². The lowest BCUT2D eigenvalue weighted by Crippen LogP contribution is -2.36. The molecule has 1 aliphatic carbocycles. The molecule has 0 atom stereocenters. The lowest BCUT2D eigenvalue weighted by Gasteiger charge is -2.19. The Morgan fingerprint density at radius 1 is 1.17 bits per heavy atom. The number of nitrogens with zero attached hydrogens (tertiary/aromatic N) is 4. The van der Waals surface area contributed by atoms with Crippen molar-refractivity contribution in [2.24, 2.45) is 0 Å². The molecule has 4 rings (SSSR count). The predicted molar refractivity (Wildman–Crippen MR) is 88.4 cm³/mol. The molecule has 6 heteroatoms. The van der Waals surface area contributed by atoms with Crippen molar-refractivity contribution < 1.29 is 9.53 Å².